The molecule has 1 aromatic carbocycles. The molecule has 0 aliphatic carbocycles. The van der Waals surface area contributed by atoms with Crippen molar-refractivity contribution < 1.29 is 13.7 Å². The lowest BCUT2D eigenvalue weighted by Crippen LogP contribution is -2.09. The predicted octanol–water partition coefficient (Wildman–Crippen LogP) is 3.40. The summed E-state index contributed by atoms with van der Waals surface area (Å²) in [5.74, 6) is 0.492. The second-order valence-corrected chi connectivity index (χ2v) is 6.86. The van der Waals surface area contributed by atoms with Crippen molar-refractivity contribution in [2.75, 3.05) is 12.9 Å². The lowest BCUT2D eigenvalue weighted by atomic mass is 10.3. The van der Waals surface area contributed by atoms with Crippen molar-refractivity contribution in [3.63, 3.8) is 0 Å². The number of Topliss-reactive ketones (excluding diaryl/α,β-unsaturated/α-hetero) is 1. The zero-order valence-corrected chi connectivity index (χ0v) is 12.5. The number of methoxy groups -OCH3 is 1. The highest BCUT2D eigenvalue weighted by atomic mass is 35.5. The first kappa shape index (κ1) is 14.2. The van der Waals surface area contributed by atoms with E-state index >= 15 is 0 Å². The fourth-order valence-electron chi connectivity index (χ4n) is 1.47. The van der Waals surface area contributed by atoms with E-state index in [2.05, 4.69) is 0 Å². The van der Waals surface area contributed by atoms with Gasteiger partial charge in [-0.1, -0.05) is 11.6 Å². The minimum atomic E-state index is -1.36. The maximum atomic E-state index is 12.1. The molecule has 2 aromatic rings. The predicted molar refractivity (Wildman–Crippen MR) is 77.9 cm³/mol. The van der Waals surface area contributed by atoms with E-state index in [0.717, 1.165) is 0 Å². The van der Waals surface area contributed by atoms with Crippen LogP contribution in [0.2, 0.25) is 4.34 Å². The van der Waals surface area contributed by atoms with E-state index in [0.29, 0.717) is 19.9 Å². The molecule has 1 unspecified atom stereocenters. The molecule has 0 amide bonds. The monoisotopic (exact) mass is 314 g/mol. The molecule has 0 saturated carbocycles. The summed E-state index contributed by atoms with van der Waals surface area (Å²) < 4.78 is 17.6. The first-order chi connectivity index (χ1) is 9.10. The van der Waals surface area contributed by atoms with Gasteiger partial charge < -0.3 is 4.74 Å². The van der Waals surface area contributed by atoms with E-state index in [1.165, 1.54) is 11.3 Å². The summed E-state index contributed by atoms with van der Waals surface area (Å²) in [5.41, 5.74) is 0. The molecule has 0 radical (unpaired) electrons. The number of carbonyl (C=O) groups excluding carboxylic acids is 1. The Morgan fingerprint density at radius 3 is 2.47 bits per heavy atom. The van der Waals surface area contributed by atoms with Crippen LogP contribution < -0.4 is 4.74 Å². The van der Waals surface area contributed by atoms with Gasteiger partial charge in [0.25, 0.3) is 0 Å². The SMILES string of the molecule is COc1ccc(S(=O)CC(=O)c2ccc(Cl)s2)cc1. The number of carbonyl (C=O) groups is 1. The third-order valence-corrected chi connectivity index (χ3v) is 5.03. The highest BCUT2D eigenvalue weighted by molar-refractivity contribution is 7.85. The molecule has 0 bridgehead atoms. The van der Waals surface area contributed by atoms with Crippen LogP contribution in [0.25, 0.3) is 0 Å². The molecule has 1 heterocycles. The standard InChI is InChI=1S/C13H11ClO3S2/c1-17-9-2-4-10(5-3-9)19(16)8-11(15)12-6-7-13(14)18-12/h2-7H,8H2,1H3. The van der Waals surface area contributed by atoms with E-state index in [-0.39, 0.29) is 11.5 Å². The van der Waals surface area contributed by atoms with E-state index in [4.69, 9.17) is 16.3 Å². The molecule has 0 aliphatic heterocycles. The molecule has 2 rings (SSSR count). The smallest absolute Gasteiger partial charge is 0.185 e. The number of hydrogen-bond donors (Lipinski definition) is 0. The topological polar surface area (TPSA) is 43.4 Å². The quantitative estimate of drug-likeness (QED) is 0.794. The number of hydrogen-bond acceptors (Lipinski definition) is 4. The van der Waals surface area contributed by atoms with Gasteiger partial charge in [-0.15, -0.1) is 11.3 Å². The fourth-order valence-corrected chi connectivity index (χ4v) is 3.54. The highest BCUT2D eigenvalue weighted by Gasteiger charge is 2.14. The van der Waals surface area contributed by atoms with E-state index < -0.39 is 10.8 Å². The van der Waals surface area contributed by atoms with Crippen molar-refractivity contribution >= 4 is 39.5 Å². The zero-order chi connectivity index (χ0) is 13.8. The number of thiophene rings is 1. The van der Waals surface area contributed by atoms with Gasteiger partial charge in [0, 0.05) is 4.90 Å². The molecule has 0 fully saturated rings. The molecule has 0 spiro atoms. The third kappa shape index (κ3) is 3.65. The normalized spacial score (nSPS) is 12.1. The van der Waals surface area contributed by atoms with Crippen LogP contribution in [0.4, 0.5) is 0 Å². The fraction of sp³-hybridized carbons (Fsp3) is 0.154. The number of rotatable bonds is 5. The minimum absolute atomic E-state index is 0.0385. The van der Waals surface area contributed by atoms with Crippen molar-refractivity contribution in [3.05, 3.63) is 45.6 Å². The van der Waals surface area contributed by atoms with Gasteiger partial charge in [0.2, 0.25) is 0 Å². The first-order valence-corrected chi connectivity index (χ1v) is 7.92. The summed E-state index contributed by atoms with van der Waals surface area (Å²) in [6.45, 7) is 0. The van der Waals surface area contributed by atoms with Crippen molar-refractivity contribution in [2.24, 2.45) is 0 Å². The van der Waals surface area contributed by atoms with Gasteiger partial charge in [-0.25, -0.2) is 0 Å². The Kier molecular flexibility index (Phi) is 4.74. The van der Waals surface area contributed by atoms with Gasteiger partial charge in [-0.05, 0) is 36.4 Å². The molecule has 0 saturated heterocycles. The Morgan fingerprint density at radius 2 is 1.95 bits per heavy atom. The zero-order valence-electron chi connectivity index (χ0n) is 10.1. The van der Waals surface area contributed by atoms with Gasteiger partial charge in [-0.2, -0.15) is 0 Å². The van der Waals surface area contributed by atoms with E-state index in [1.54, 1.807) is 43.5 Å². The Morgan fingerprint density at radius 1 is 1.26 bits per heavy atom. The highest BCUT2D eigenvalue weighted by Crippen LogP contribution is 2.22. The van der Waals surface area contributed by atoms with Gasteiger partial charge in [0.1, 0.15) is 5.75 Å². The maximum absolute atomic E-state index is 12.1. The van der Waals surface area contributed by atoms with Crippen molar-refractivity contribution in [2.45, 2.75) is 4.90 Å². The molecule has 3 nitrogen and oxygen atoms in total. The summed E-state index contributed by atoms with van der Waals surface area (Å²) in [6.07, 6.45) is 0. The molecule has 100 valence electrons. The lowest BCUT2D eigenvalue weighted by Gasteiger charge is -2.03. The molecule has 1 atom stereocenters. The summed E-state index contributed by atoms with van der Waals surface area (Å²) in [4.78, 5) is 13.0. The van der Waals surface area contributed by atoms with Gasteiger partial charge in [-0.3, -0.25) is 9.00 Å². The van der Waals surface area contributed by atoms with Crippen LogP contribution >= 0.6 is 22.9 Å². The first-order valence-electron chi connectivity index (χ1n) is 5.41. The van der Waals surface area contributed by atoms with Gasteiger partial charge in [0.15, 0.2) is 5.78 Å². The molecule has 0 N–H and O–H groups in total. The van der Waals surface area contributed by atoms with Gasteiger partial charge in [0.05, 0.1) is 32.9 Å². The van der Waals surface area contributed by atoms with Crippen LogP contribution in [0.5, 0.6) is 5.75 Å². The van der Waals surface area contributed by atoms with Crippen LogP contribution in [0.3, 0.4) is 0 Å². The van der Waals surface area contributed by atoms with Crippen molar-refractivity contribution in [1.29, 1.82) is 0 Å². The van der Waals surface area contributed by atoms with Crippen LogP contribution in [-0.4, -0.2) is 22.9 Å². The maximum Gasteiger partial charge on any atom is 0.185 e. The second kappa shape index (κ2) is 6.32. The Bertz CT molecular complexity index is 605. The van der Waals surface area contributed by atoms with Crippen molar-refractivity contribution in [3.8, 4) is 5.75 Å². The Labute approximate surface area is 122 Å². The van der Waals surface area contributed by atoms with Crippen LogP contribution in [-0.2, 0) is 10.8 Å². The van der Waals surface area contributed by atoms with E-state index in [9.17, 15) is 9.00 Å². The van der Waals surface area contributed by atoms with Gasteiger partial charge >= 0.3 is 0 Å². The van der Waals surface area contributed by atoms with Crippen molar-refractivity contribution in [1.82, 2.24) is 0 Å². The van der Waals surface area contributed by atoms with Crippen LogP contribution in [0.15, 0.2) is 41.3 Å². The average molecular weight is 315 g/mol. The third-order valence-electron chi connectivity index (χ3n) is 2.43. The molecule has 19 heavy (non-hydrogen) atoms. The summed E-state index contributed by atoms with van der Waals surface area (Å²) in [7, 11) is 0.209. The van der Waals surface area contributed by atoms with Crippen LogP contribution in [0, 0.1) is 0 Å². The largest absolute Gasteiger partial charge is 0.497 e. The Balaban J connectivity index is 2.06. The number of ketones is 1. The molecular formula is C13H11ClO3S2. The summed E-state index contributed by atoms with van der Waals surface area (Å²) in [6, 6.07) is 10.2. The van der Waals surface area contributed by atoms with Crippen LogP contribution in [0.1, 0.15) is 9.67 Å². The lowest BCUT2D eigenvalue weighted by molar-refractivity contribution is 0.102. The number of halogens is 1. The minimum Gasteiger partial charge on any atom is -0.497 e. The number of ether oxygens (including phenoxy) is 1. The molecule has 1 aromatic heterocycles. The summed E-state index contributed by atoms with van der Waals surface area (Å²) >= 11 is 6.97. The molecule has 6 heteroatoms. The van der Waals surface area contributed by atoms with E-state index in [1.807, 2.05) is 0 Å². The second-order valence-electron chi connectivity index (χ2n) is 3.69. The number of benzene rings is 1. The average Bonchev–Trinajstić information content (AvgIpc) is 2.85. The molecular weight excluding hydrogens is 304 g/mol. The summed E-state index contributed by atoms with van der Waals surface area (Å²) in [5, 5.41) is 0. The Hall–Kier alpha value is -1.17. The molecule has 0 aliphatic rings.